The fourth-order valence-corrected chi connectivity index (χ4v) is 3.71. The monoisotopic (exact) mass is 365 g/mol. The number of aromatic nitrogens is 1. The first-order valence-corrected chi connectivity index (χ1v) is 10.0. The smallest absolute Gasteiger partial charge is 0.251 e. The summed E-state index contributed by atoms with van der Waals surface area (Å²) in [6, 6.07) is 12.2. The van der Waals surface area contributed by atoms with Crippen LogP contribution in [0.1, 0.15) is 55.3 Å². The van der Waals surface area contributed by atoms with Crippen LogP contribution in [0, 0.1) is 5.92 Å². The van der Waals surface area contributed by atoms with Gasteiger partial charge in [0.15, 0.2) is 0 Å². The van der Waals surface area contributed by atoms with Gasteiger partial charge in [-0.05, 0) is 68.2 Å². The molecule has 0 unspecified atom stereocenters. The largest absolute Gasteiger partial charge is 0.494 e. The first-order valence-electron chi connectivity index (χ1n) is 10.0. The molecule has 0 bridgehead atoms. The first-order chi connectivity index (χ1) is 13.2. The van der Waals surface area contributed by atoms with Gasteiger partial charge in [0, 0.05) is 30.0 Å². The van der Waals surface area contributed by atoms with E-state index in [0.717, 1.165) is 67.0 Å². The van der Waals surface area contributed by atoms with Crippen LogP contribution in [0.3, 0.4) is 0 Å². The van der Waals surface area contributed by atoms with Crippen LogP contribution in [0.5, 0.6) is 5.75 Å². The number of nitrogens with one attached hydrogen (secondary N) is 1. The van der Waals surface area contributed by atoms with Crippen LogP contribution in [-0.2, 0) is 4.74 Å². The molecule has 0 atom stereocenters. The maximum absolute atomic E-state index is 12.6. The second kappa shape index (κ2) is 8.13. The maximum Gasteiger partial charge on any atom is 0.251 e. The normalized spacial score (nSPS) is 18.5. The Morgan fingerprint density at radius 1 is 1.11 bits per heavy atom. The summed E-state index contributed by atoms with van der Waals surface area (Å²) in [6.07, 6.45) is 6.61. The molecule has 0 radical (unpaired) electrons. The molecule has 1 aromatic heterocycles. The zero-order chi connectivity index (χ0) is 18.6. The van der Waals surface area contributed by atoms with Gasteiger partial charge in [-0.25, -0.2) is 0 Å². The highest BCUT2D eigenvalue weighted by atomic mass is 16.5. The van der Waals surface area contributed by atoms with Gasteiger partial charge in [0.25, 0.3) is 5.56 Å². The van der Waals surface area contributed by atoms with Crippen molar-refractivity contribution >= 4 is 5.57 Å². The second-order valence-electron chi connectivity index (χ2n) is 7.42. The van der Waals surface area contributed by atoms with Gasteiger partial charge >= 0.3 is 0 Å². The van der Waals surface area contributed by atoms with E-state index >= 15 is 0 Å². The SMILES string of the molecule is CCOc1ccc(/C(=C/C2CCOCC2)c2ccc(C3CC3)c(=O)[nH]2)cc1. The molecular weight excluding hydrogens is 338 g/mol. The van der Waals surface area contributed by atoms with Gasteiger partial charge in [-0.3, -0.25) is 4.79 Å². The lowest BCUT2D eigenvalue weighted by Crippen LogP contribution is -2.16. The summed E-state index contributed by atoms with van der Waals surface area (Å²) in [5.41, 5.74) is 4.05. The highest BCUT2D eigenvalue weighted by molar-refractivity contribution is 5.78. The molecule has 1 N–H and O–H groups in total. The molecule has 142 valence electrons. The molecule has 2 fully saturated rings. The summed E-state index contributed by atoms with van der Waals surface area (Å²) in [6.45, 7) is 4.24. The number of pyridine rings is 1. The van der Waals surface area contributed by atoms with Crippen LogP contribution in [-0.4, -0.2) is 24.8 Å². The van der Waals surface area contributed by atoms with E-state index in [2.05, 4.69) is 29.3 Å². The molecule has 2 heterocycles. The third kappa shape index (κ3) is 4.33. The van der Waals surface area contributed by atoms with Gasteiger partial charge in [-0.2, -0.15) is 0 Å². The third-order valence-electron chi connectivity index (χ3n) is 5.39. The van der Waals surface area contributed by atoms with Gasteiger partial charge in [0.2, 0.25) is 0 Å². The lowest BCUT2D eigenvalue weighted by molar-refractivity contribution is 0.0786. The molecule has 0 spiro atoms. The molecular formula is C23H27NO3. The zero-order valence-corrected chi connectivity index (χ0v) is 15.9. The van der Waals surface area contributed by atoms with Gasteiger partial charge < -0.3 is 14.5 Å². The highest BCUT2D eigenvalue weighted by Crippen LogP contribution is 2.38. The average molecular weight is 365 g/mol. The van der Waals surface area contributed by atoms with Crippen molar-refractivity contribution in [2.24, 2.45) is 5.92 Å². The van der Waals surface area contributed by atoms with Crippen molar-refractivity contribution in [3.8, 4) is 5.75 Å². The van der Waals surface area contributed by atoms with E-state index in [4.69, 9.17) is 9.47 Å². The number of hydrogen-bond acceptors (Lipinski definition) is 3. The van der Waals surface area contributed by atoms with Gasteiger partial charge in [0.1, 0.15) is 5.75 Å². The number of benzene rings is 1. The molecule has 1 saturated heterocycles. The van der Waals surface area contributed by atoms with Crippen molar-refractivity contribution in [2.75, 3.05) is 19.8 Å². The van der Waals surface area contributed by atoms with Crippen molar-refractivity contribution < 1.29 is 9.47 Å². The highest BCUT2D eigenvalue weighted by Gasteiger charge is 2.26. The minimum Gasteiger partial charge on any atom is -0.494 e. The fourth-order valence-electron chi connectivity index (χ4n) is 3.71. The minimum absolute atomic E-state index is 0.0545. The van der Waals surface area contributed by atoms with Crippen molar-refractivity contribution in [1.29, 1.82) is 0 Å². The topological polar surface area (TPSA) is 51.3 Å². The Labute approximate surface area is 160 Å². The molecule has 2 aliphatic rings. The Morgan fingerprint density at radius 2 is 1.85 bits per heavy atom. The first kappa shape index (κ1) is 18.1. The standard InChI is InChI=1S/C23H27NO3/c1-2-27-19-7-5-18(6-8-19)21(15-16-11-13-26-14-12-16)22-10-9-20(17-3-4-17)23(25)24-22/h5-10,15-17H,2-4,11-14H2,1H3,(H,24,25)/b21-15-. The van der Waals surface area contributed by atoms with Crippen LogP contribution >= 0.6 is 0 Å². The molecule has 27 heavy (non-hydrogen) atoms. The van der Waals surface area contributed by atoms with Crippen LogP contribution in [0.2, 0.25) is 0 Å². The Hall–Kier alpha value is -2.33. The van der Waals surface area contributed by atoms with Crippen LogP contribution in [0.15, 0.2) is 47.3 Å². The van der Waals surface area contributed by atoms with Gasteiger partial charge in [-0.15, -0.1) is 0 Å². The van der Waals surface area contributed by atoms with Gasteiger partial charge in [0.05, 0.1) is 6.61 Å². The number of rotatable bonds is 6. The zero-order valence-electron chi connectivity index (χ0n) is 15.9. The molecule has 2 aromatic rings. The maximum atomic E-state index is 12.6. The van der Waals surface area contributed by atoms with E-state index in [0.29, 0.717) is 18.4 Å². The molecule has 4 heteroatoms. The Kier molecular flexibility index (Phi) is 5.44. The summed E-state index contributed by atoms with van der Waals surface area (Å²) < 4.78 is 11.1. The third-order valence-corrected chi connectivity index (χ3v) is 5.39. The summed E-state index contributed by atoms with van der Waals surface area (Å²) >= 11 is 0. The molecule has 1 saturated carbocycles. The fraction of sp³-hybridized carbons (Fsp3) is 0.435. The van der Waals surface area contributed by atoms with E-state index < -0.39 is 0 Å². The predicted molar refractivity (Wildman–Crippen MR) is 107 cm³/mol. The van der Waals surface area contributed by atoms with Crippen molar-refractivity contribution in [2.45, 2.75) is 38.5 Å². The van der Waals surface area contributed by atoms with Crippen molar-refractivity contribution in [1.82, 2.24) is 4.98 Å². The molecule has 0 amide bonds. The lowest BCUT2D eigenvalue weighted by atomic mass is 9.92. The number of allylic oxidation sites excluding steroid dienone is 1. The Bertz CT molecular complexity index is 856. The van der Waals surface area contributed by atoms with E-state index in [9.17, 15) is 4.79 Å². The summed E-state index contributed by atoms with van der Waals surface area (Å²) in [4.78, 5) is 15.7. The molecule has 1 aliphatic heterocycles. The number of aromatic amines is 1. The number of ether oxygens (including phenoxy) is 2. The summed E-state index contributed by atoms with van der Waals surface area (Å²) in [5, 5.41) is 0. The molecule has 1 aliphatic carbocycles. The van der Waals surface area contributed by atoms with E-state index in [1.54, 1.807) is 0 Å². The van der Waals surface area contributed by atoms with E-state index in [-0.39, 0.29) is 5.56 Å². The molecule has 4 rings (SSSR count). The van der Waals surface area contributed by atoms with E-state index in [1.165, 1.54) is 0 Å². The second-order valence-corrected chi connectivity index (χ2v) is 7.42. The summed E-state index contributed by atoms with van der Waals surface area (Å²) in [5.74, 6) is 1.78. The van der Waals surface area contributed by atoms with Crippen LogP contribution < -0.4 is 10.3 Å². The van der Waals surface area contributed by atoms with Crippen molar-refractivity contribution in [3.05, 3.63) is 69.6 Å². The number of hydrogen-bond donors (Lipinski definition) is 1. The van der Waals surface area contributed by atoms with Gasteiger partial charge in [-0.1, -0.05) is 24.3 Å². The Balaban J connectivity index is 1.70. The minimum atomic E-state index is 0.0545. The summed E-state index contributed by atoms with van der Waals surface area (Å²) in [7, 11) is 0. The van der Waals surface area contributed by atoms with Crippen LogP contribution in [0.25, 0.3) is 5.57 Å². The quantitative estimate of drug-likeness (QED) is 0.819. The predicted octanol–water partition coefficient (Wildman–Crippen LogP) is 4.51. The van der Waals surface area contributed by atoms with Crippen LogP contribution in [0.4, 0.5) is 0 Å². The lowest BCUT2D eigenvalue weighted by Gasteiger charge is -2.21. The Morgan fingerprint density at radius 3 is 2.48 bits per heavy atom. The van der Waals surface area contributed by atoms with E-state index in [1.807, 2.05) is 25.1 Å². The molecule has 4 nitrogen and oxygen atoms in total. The number of H-pyrrole nitrogens is 1. The molecule has 1 aromatic carbocycles. The average Bonchev–Trinajstić information content (AvgIpc) is 3.53. The van der Waals surface area contributed by atoms with Crippen molar-refractivity contribution in [3.63, 3.8) is 0 Å².